The lowest BCUT2D eigenvalue weighted by atomic mass is 9.84. The number of piperidine rings is 2. The van der Waals surface area contributed by atoms with Gasteiger partial charge >= 0.3 is 0 Å². The van der Waals surface area contributed by atoms with E-state index in [1.165, 1.54) is 37.9 Å². The van der Waals surface area contributed by atoms with Gasteiger partial charge in [-0.3, -0.25) is 9.69 Å². The van der Waals surface area contributed by atoms with E-state index in [1.807, 2.05) is 19.1 Å². The number of carbonyl (C=O) groups excluding carboxylic acids is 1. The van der Waals surface area contributed by atoms with Crippen LogP contribution in [0.5, 0.6) is 5.75 Å². The molecule has 156 valence electrons. The van der Waals surface area contributed by atoms with Gasteiger partial charge < -0.3 is 15.0 Å². The molecular weight excluding hydrogens is 350 g/mol. The first-order chi connectivity index (χ1) is 13.5. The van der Waals surface area contributed by atoms with Gasteiger partial charge in [0.2, 0.25) is 5.91 Å². The Hall–Kier alpha value is -1.59. The molecule has 1 unspecified atom stereocenters. The molecule has 5 nitrogen and oxygen atoms in total. The summed E-state index contributed by atoms with van der Waals surface area (Å²) in [5.74, 6) is 0.996. The fraction of sp³-hybridized carbons (Fsp3) is 0.696. The Morgan fingerprint density at radius 1 is 1.11 bits per heavy atom. The highest BCUT2D eigenvalue weighted by Gasteiger charge is 2.40. The Kier molecular flexibility index (Phi) is 7.36. The highest BCUT2D eigenvalue weighted by Crippen LogP contribution is 2.31. The molecule has 2 aliphatic rings. The van der Waals surface area contributed by atoms with Crippen molar-refractivity contribution >= 4 is 5.91 Å². The van der Waals surface area contributed by atoms with Crippen LogP contribution >= 0.6 is 0 Å². The summed E-state index contributed by atoms with van der Waals surface area (Å²) >= 11 is 0. The van der Waals surface area contributed by atoms with Crippen LogP contribution in [0.15, 0.2) is 24.3 Å². The van der Waals surface area contributed by atoms with Crippen LogP contribution in [-0.4, -0.2) is 68.1 Å². The molecule has 0 saturated carbocycles. The Balaban J connectivity index is 1.57. The summed E-state index contributed by atoms with van der Waals surface area (Å²) in [5.41, 5.74) is 1.32. The zero-order chi connectivity index (χ0) is 20.0. The lowest BCUT2D eigenvalue weighted by Gasteiger charge is -2.50. The zero-order valence-corrected chi connectivity index (χ0v) is 17.9. The standard InChI is InChI=1S/C23H37N3O2/c1-19(17-20-7-9-21(28-3)10-8-20)22(27)24-18-23(11-15-25(2)16-12-23)26-13-5-4-6-14-26/h7-10,19H,4-6,11-18H2,1-3H3,(H,24,27). The van der Waals surface area contributed by atoms with Crippen molar-refractivity contribution in [2.45, 2.75) is 51.0 Å². The van der Waals surface area contributed by atoms with Crippen molar-refractivity contribution < 1.29 is 9.53 Å². The van der Waals surface area contributed by atoms with Gasteiger partial charge in [-0.15, -0.1) is 0 Å². The number of ether oxygens (including phenoxy) is 1. The van der Waals surface area contributed by atoms with Crippen molar-refractivity contribution in [2.75, 3.05) is 46.9 Å². The fourth-order valence-corrected chi connectivity index (χ4v) is 4.64. The normalized spacial score (nSPS) is 21.8. The topological polar surface area (TPSA) is 44.8 Å². The maximum atomic E-state index is 12.8. The van der Waals surface area contributed by atoms with Crippen LogP contribution in [0.2, 0.25) is 0 Å². The Morgan fingerprint density at radius 3 is 2.36 bits per heavy atom. The zero-order valence-electron chi connectivity index (χ0n) is 17.9. The highest BCUT2D eigenvalue weighted by molar-refractivity contribution is 5.78. The van der Waals surface area contributed by atoms with Gasteiger partial charge in [0.05, 0.1) is 7.11 Å². The number of nitrogens with zero attached hydrogens (tertiary/aromatic N) is 2. The van der Waals surface area contributed by atoms with E-state index in [-0.39, 0.29) is 17.4 Å². The number of nitrogens with one attached hydrogen (secondary N) is 1. The molecule has 2 saturated heterocycles. The average Bonchev–Trinajstić information content (AvgIpc) is 2.74. The van der Waals surface area contributed by atoms with E-state index in [2.05, 4.69) is 34.3 Å². The van der Waals surface area contributed by atoms with Gasteiger partial charge in [0.25, 0.3) is 0 Å². The Morgan fingerprint density at radius 2 is 1.75 bits per heavy atom. The van der Waals surface area contributed by atoms with Crippen molar-refractivity contribution in [1.29, 1.82) is 0 Å². The predicted octanol–water partition coefficient (Wildman–Crippen LogP) is 2.94. The molecule has 1 N–H and O–H groups in total. The number of methoxy groups -OCH3 is 1. The summed E-state index contributed by atoms with van der Waals surface area (Å²) in [6.45, 7) is 7.41. The van der Waals surface area contributed by atoms with Gasteiger partial charge in [-0.05, 0) is 83.0 Å². The third-order valence-corrected chi connectivity index (χ3v) is 6.68. The van der Waals surface area contributed by atoms with Crippen LogP contribution in [0.3, 0.4) is 0 Å². The maximum Gasteiger partial charge on any atom is 0.223 e. The van der Waals surface area contributed by atoms with E-state index >= 15 is 0 Å². The van der Waals surface area contributed by atoms with Crippen LogP contribution in [0, 0.1) is 5.92 Å². The Bertz CT molecular complexity index is 617. The van der Waals surface area contributed by atoms with Gasteiger partial charge in [-0.2, -0.15) is 0 Å². The van der Waals surface area contributed by atoms with Gasteiger partial charge in [0, 0.05) is 18.0 Å². The van der Waals surface area contributed by atoms with Gasteiger partial charge in [-0.1, -0.05) is 25.5 Å². The summed E-state index contributed by atoms with van der Waals surface area (Å²) in [7, 11) is 3.88. The molecule has 0 bridgehead atoms. The number of carbonyl (C=O) groups is 1. The molecule has 28 heavy (non-hydrogen) atoms. The van der Waals surface area contributed by atoms with Crippen molar-refractivity contribution in [2.24, 2.45) is 5.92 Å². The van der Waals surface area contributed by atoms with Crippen molar-refractivity contribution in [1.82, 2.24) is 15.1 Å². The summed E-state index contributed by atoms with van der Waals surface area (Å²) in [6.07, 6.45) is 6.99. The van der Waals surface area contributed by atoms with Crippen LogP contribution in [-0.2, 0) is 11.2 Å². The molecule has 0 aromatic heterocycles. The molecule has 1 aromatic rings. The molecule has 1 amide bonds. The second kappa shape index (κ2) is 9.75. The minimum absolute atomic E-state index is 0.0296. The summed E-state index contributed by atoms with van der Waals surface area (Å²) < 4.78 is 5.22. The second-order valence-corrected chi connectivity index (χ2v) is 8.75. The van der Waals surface area contributed by atoms with E-state index < -0.39 is 0 Å². The van der Waals surface area contributed by atoms with Crippen LogP contribution < -0.4 is 10.1 Å². The van der Waals surface area contributed by atoms with Crippen LogP contribution in [0.1, 0.15) is 44.6 Å². The molecule has 1 atom stereocenters. The molecule has 0 spiro atoms. The number of benzene rings is 1. The third kappa shape index (κ3) is 5.26. The Labute approximate surface area is 170 Å². The van der Waals surface area contributed by atoms with Crippen molar-refractivity contribution in [3.63, 3.8) is 0 Å². The van der Waals surface area contributed by atoms with Gasteiger partial charge in [0.1, 0.15) is 5.75 Å². The molecule has 5 heteroatoms. The van der Waals surface area contributed by atoms with E-state index in [0.29, 0.717) is 0 Å². The highest BCUT2D eigenvalue weighted by atomic mass is 16.5. The minimum atomic E-state index is -0.0296. The third-order valence-electron chi connectivity index (χ3n) is 6.68. The van der Waals surface area contributed by atoms with E-state index in [1.54, 1.807) is 7.11 Å². The van der Waals surface area contributed by atoms with E-state index in [0.717, 1.165) is 44.6 Å². The monoisotopic (exact) mass is 387 g/mol. The maximum absolute atomic E-state index is 12.8. The molecule has 0 aliphatic carbocycles. The van der Waals surface area contributed by atoms with Gasteiger partial charge in [0.15, 0.2) is 0 Å². The molecule has 2 heterocycles. The fourth-order valence-electron chi connectivity index (χ4n) is 4.64. The lowest BCUT2D eigenvalue weighted by Crippen LogP contribution is -2.61. The van der Waals surface area contributed by atoms with E-state index in [4.69, 9.17) is 4.74 Å². The minimum Gasteiger partial charge on any atom is -0.497 e. The lowest BCUT2D eigenvalue weighted by molar-refractivity contribution is -0.125. The van der Waals surface area contributed by atoms with Crippen LogP contribution in [0.25, 0.3) is 0 Å². The quantitative estimate of drug-likeness (QED) is 0.781. The molecule has 3 rings (SSSR count). The number of rotatable bonds is 7. The van der Waals surface area contributed by atoms with Crippen molar-refractivity contribution in [3.05, 3.63) is 29.8 Å². The molecular formula is C23H37N3O2. The summed E-state index contributed by atoms with van der Waals surface area (Å²) in [4.78, 5) is 17.9. The van der Waals surface area contributed by atoms with E-state index in [9.17, 15) is 4.79 Å². The van der Waals surface area contributed by atoms with Crippen molar-refractivity contribution in [3.8, 4) is 5.75 Å². The number of hydrogen-bond acceptors (Lipinski definition) is 4. The van der Waals surface area contributed by atoms with Crippen LogP contribution in [0.4, 0.5) is 0 Å². The second-order valence-electron chi connectivity index (χ2n) is 8.75. The average molecular weight is 388 g/mol. The first-order valence-electron chi connectivity index (χ1n) is 10.9. The summed E-state index contributed by atoms with van der Waals surface area (Å²) in [5, 5.41) is 3.32. The largest absolute Gasteiger partial charge is 0.497 e. The summed E-state index contributed by atoms with van der Waals surface area (Å²) in [6, 6.07) is 8.03. The SMILES string of the molecule is COc1ccc(CC(C)C(=O)NCC2(N3CCCCC3)CCN(C)CC2)cc1. The number of amides is 1. The molecule has 2 aliphatic heterocycles. The molecule has 2 fully saturated rings. The smallest absolute Gasteiger partial charge is 0.223 e. The molecule has 0 radical (unpaired) electrons. The molecule has 1 aromatic carbocycles. The first kappa shape index (κ1) is 21.1. The number of hydrogen-bond donors (Lipinski definition) is 1. The van der Waals surface area contributed by atoms with Gasteiger partial charge in [-0.25, -0.2) is 0 Å². The predicted molar refractivity (Wildman–Crippen MR) is 114 cm³/mol. The number of likely N-dealkylation sites (tertiary alicyclic amines) is 2. The first-order valence-corrected chi connectivity index (χ1v) is 10.9.